The van der Waals surface area contributed by atoms with Gasteiger partial charge in [-0.25, -0.2) is 0 Å². The van der Waals surface area contributed by atoms with Crippen LogP contribution in [-0.4, -0.2) is 3.23 Å². The van der Waals surface area contributed by atoms with Crippen LogP contribution in [0.1, 0.15) is 89.9 Å². The molecule has 2 bridgehead atoms. The van der Waals surface area contributed by atoms with Gasteiger partial charge in [0.1, 0.15) is 0 Å². The van der Waals surface area contributed by atoms with Crippen LogP contribution in [0.4, 0.5) is 0 Å². The lowest BCUT2D eigenvalue weighted by Gasteiger charge is -2.22. The van der Waals surface area contributed by atoms with Gasteiger partial charge < -0.3 is 0 Å². The maximum absolute atomic E-state index is 4.02. The van der Waals surface area contributed by atoms with E-state index in [4.69, 9.17) is 0 Å². The summed E-state index contributed by atoms with van der Waals surface area (Å²) in [4.78, 5) is 0. The summed E-state index contributed by atoms with van der Waals surface area (Å²) in [6, 6.07) is 0. The second kappa shape index (κ2) is 7.07. The van der Waals surface area contributed by atoms with Crippen molar-refractivity contribution in [1.82, 2.24) is 0 Å². The van der Waals surface area contributed by atoms with Gasteiger partial charge in [0.2, 0.25) is 0 Å². The molecule has 2 saturated carbocycles. The first-order chi connectivity index (χ1) is 10.2. The lowest BCUT2D eigenvalue weighted by molar-refractivity contribution is 0.377. The first-order valence-electron chi connectivity index (χ1n) is 9.22. The Kier molecular flexibility index (Phi) is 5.58. The predicted octanol–water partition coefficient (Wildman–Crippen LogP) is 7.50. The highest BCUT2D eigenvalue weighted by atomic mass is 79.9. The third-order valence-corrected chi connectivity index (χ3v) is 8.96. The second-order valence-electron chi connectivity index (χ2n) is 7.64. The van der Waals surface area contributed by atoms with Crippen molar-refractivity contribution in [3.63, 3.8) is 0 Å². The molecule has 2 atom stereocenters. The Bertz CT molecular complexity index is 385. The van der Waals surface area contributed by atoms with Gasteiger partial charge in [-0.05, 0) is 38.0 Å². The van der Waals surface area contributed by atoms with Crippen molar-refractivity contribution in [3.05, 3.63) is 11.6 Å². The molecule has 0 nitrogen and oxygen atoms in total. The molecule has 4 rings (SSSR count). The van der Waals surface area contributed by atoms with Crippen molar-refractivity contribution in [3.8, 4) is 0 Å². The van der Waals surface area contributed by atoms with Crippen molar-refractivity contribution in [2.45, 2.75) is 93.1 Å². The van der Waals surface area contributed by atoms with E-state index in [-0.39, 0.29) is 3.23 Å². The summed E-state index contributed by atoms with van der Waals surface area (Å²) in [6.07, 6.45) is 22.6. The molecule has 2 heteroatoms. The maximum atomic E-state index is 4.02. The number of allylic oxidation sites excluding steroid dienone is 2. The fourth-order valence-electron chi connectivity index (χ4n) is 4.72. The van der Waals surface area contributed by atoms with Crippen LogP contribution in [-0.2, 0) is 0 Å². The van der Waals surface area contributed by atoms with Crippen LogP contribution >= 0.6 is 31.9 Å². The zero-order chi connectivity index (χ0) is 14.8. The molecule has 0 aromatic rings. The van der Waals surface area contributed by atoms with Crippen LogP contribution in [0.5, 0.6) is 0 Å². The number of halogens is 2. The van der Waals surface area contributed by atoms with E-state index in [1.54, 1.807) is 5.57 Å². The Morgan fingerprint density at radius 1 is 0.810 bits per heavy atom. The van der Waals surface area contributed by atoms with Gasteiger partial charge in [-0.1, -0.05) is 101 Å². The molecule has 0 heterocycles. The van der Waals surface area contributed by atoms with Crippen LogP contribution in [0.15, 0.2) is 11.6 Å². The van der Waals surface area contributed by atoms with Gasteiger partial charge in [0.05, 0.1) is 3.23 Å². The zero-order valence-corrected chi connectivity index (χ0v) is 16.5. The molecule has 0 unspecified atom stereocenters. The van der Waals surface area contributed by atoms with Crippen molar-refractivity contribution in [1.29, 1.82) is 0 Å². The first-order valence-corrected chi connectivity index (χ1v) is 10.8. The van der Waals surface area contributed by atoms with Crippen molar-refractivity contribution in [2.75, 3.05) is 0 Å². The van der Waals surface area contributed by atoms with E-state index in [0.29, 0.717) is 5.41 Å². The summed E-state index contributed by atoms with van der Waals surface area (Å²) in [5.41, 5.74) is 2.29. The topological polar surface area (TPSA) is 0 Å². The molecule has 0 amide bonds. The second-order valence-corrected chi connectivity index (χ2v) is 11.2. The van der Waals surface area contributed by atoms with Gasteiger partial charge in [0, 0.05) is 5.41 Å². The molecule has 0 aromatic heterocycles. The summed E-state index contributed by atoms with van der Waals surface area (Å²) in [5.74, 6) is 0.845. The van der Waals surface area contributed by atoms with Gasteiger partial charge in [-0.2, -0.15) is 0 Å². The normalized spacial score (nSPS) is 37.6. The highest BCUT2D eigenvalue weighted by Gasteiger charge is 2.73. The molecule has 0 saturated heterocycles. The monoisotopic (exact) mass is 416 g/mol. The molecule has 4 aliphatic rings. The Hall–Kier alpha value is 0.700. The minimum atomic E-state index is 0.249. The highest BCUT2D eigenvalue weighted by Crippen LogP contribution is 2.78. The van der Waals surface area contributed by atoms with Gasteiger partial charge in [0.15, 0.2) is 0 Å². The number of alkyl halides is 2. The summed E-state index contributed by atoms with van der Waals surface area (Å²) < 4.78 is 0.249. The SMILES string of the molecule is BrC1(Br)[C@@H]2CC3=CC[C@@]21CCCCCCCCCCCC3. The van der Waals surface area contributed by atoms with E-state index in [9.17, 15) is 0 Å². The first kappa shape index (κ1) is 16.6. The quantitative estimate of drug-likeness (QED) is 0.282. The molecular weight excluding hydrogens is 388 g/mol. The molecule has 0 aromatic carbocycles. The standard InChI is InChI=1S/C19H30Br2/c20-19(21)17-15-16-11-9-7-5-3-1-2-4-6-8-10-13-18(17,19)14-12-16/h12,17H,1-11,13-15H2/t17-,18+/m1/s1. The molecular formula is C19H30Br2. The van der Waals surface area contributed by atoms with Gasteiger partial charge >= 0.3 is 0 Å². The summed E-state index contributed by atoms with van der Waals surface area (Å²) in [7, 11) is 0. The molecule has 0 radical (unpaired) electrons. The molecule has 2 fully saturated rings. The number of hydrogen-bond acceptors (Lipinski definition) is 0. The summed E-state index contributed by atoms with van der Waals surface area (Å²) in [5, 5.41) is 0. The maximum Gasteiger partial charge on any atom is 0.0905 e. The van der Waals surface area contributed by atoms with Crippen LogP contribution in [0.2, 0.25) is 0 Å². The third kappa shape index (κ3) is 3.47. The number of hydrogen-bond donors (Lipinski definition) is 0. The fourth-order valence-corrected chi connectivity index (χ4v) is 6.96. The van der Waals surface area contributed by atoms with E-state index in [2.05, 4.69) is 37.9 Å². The van der Waals surface area contributed by atoms with E-state index in [0.717, 1.165) is 5.92 Å². The van der Waals surface area contributed by atoms with Crippen LogP contribution < -0.4 is 0 Å². The zero-order valence-electron chi connectivity index (χ0n) is 13.3. The molecule has 1 spiro atoms. The molecule has 120 valence electrons. The lowest BCUT2D eigenvalue weighted by Crippen LogP contribution is -2.11. The van der Waals surface area contributed by atoms with Crippen molar-refractivity contribution in [2.24, 2.45) is 11.3 Å². The van der Waals surface area contributed by atoms with Crippen molar-refractivity contribution >= 4 is 31.9 Å². The Morgan fingerprint density at radius 2 is 1.38 bits per heavy atom. The summed E-state index contributed by atoms with van der Waals surface area (Å²) >= 11 is 8.04. The lowest BCUT2D eigenvalue weighted by atomic mass is 9.83. The molecule has 0 N–H and O–H groups in total. The Morgan fingerprint density at radius 3 is 2.00 bits per heavy atom. The highest BCUT2D eigenvalue weighted by molar-refractivity contribution is 9.25. The Labute approximate surface area is 147 Å². The smallest absolute Gasteiger partial charge is 0.0847 e. The third-order valence-electron chi connectivity index (χ3n) is 6.28. The van der Waals surface area contributed by atoms with Gasteiger partial charge in [-0.15, -0.1) is 0 Å². The average Bonchev–Trinajstić information content (AvgIpc) is 2.95. The minimum Gasteiger partial charge on any atom is -0.0847 e. The number of rotatable bonds is 0. The van der Waals surface area contributed by atoms with Crippen molar-refractivity contribution < 1.29 is 0 Å². The molecule has 4 aliphatic carbocycles. The number of fused-ring (bicyclic) bond motifs is 12. The summed E-state index contributed by atoms with van der Waals surface area (Å²) in [6.45, 7) is 0. The Balaban J connectivity index is 1.61. The van der Waals surface area contributed by atoms with Crippen LogP contribution in [0, 0.1) is 11.3 Å². The largest absolute Gasteiger partial charge is 0.0905 e. The van der Waals surface area contributed by atoms with Gasteiger partial charge in [0.25, 0.3) is 0 Å². The fraction of sp³-hybridized carbons (Fsp3) is 0.895. The minimum absolute atomic E-state index is 0.249. The average molecular weight is 418 g/mol. The predicted molar refractivity (Wildman–Crippen MR) is 99.2 cm³/mol. The van der Waals surface area contributed by atoms with E-state index >= 15 is 0 Å². The van der Waals surface area contributed by atoms with E-state index in [1.165, 1.54) is 89.9 Å². The van der Waals surface area contributed by atoms with Crippen LogP contribution in [0.3, 0.4) is 0 Å². The van der Waals surface area contributed by atoms with E-state index < -0.39 is 0 Å². The van der Waals surface area contributed by atoms with Gasteiger partial charge in [-0.3, -0.25) is 0 Å². The molecule has 21 heavy (non-hydrogen) atoms. The van der Waals surface area contributed by atoms with Crippen LogP contribution in [0.25, 0.3) is 0 Å². The van der Waals surface area contributed by atoms with E-state index in [1.807, 2.05) is 0 Å². The molecule has 0 aliphatic heterocycles.